The number of rotatable bonds is 6. The highest BCUT2D eigenvalue weighted by Gasteiger charge is 2.18. The summed E-state index contributed by atoms with van der Waals surface area (Å²) in [5, 5.41) is 3.22. The summed E-state index contributed by atoms with van der Waals surface area (Å²) in [4.78, 5) is 8.76. The number of hydrogen-bond acceptors (Lipinski definition) is 6. The molecule has 0 saturated heterocycles. The molecule has 1 aromatic heterocycles. The highest BCUT2D eigenvalue weighted by molar-refractivity contribution is 5.52. The number of fused-ring (bicyclic) bond motifs is 1. The van der Waals surface area contributed by atoms with E-state index in [1.807, 2.05) is 36.4 Å². The quantitative estimate of drug-likeness (QED) is 0.712. The lowest BCUT2D eigenvalue weighted by atomic mass is 10.1. The molecule has 0 saturated carbocycles. The Kier molecular flexibility index (Phi) is 4.55. The maximum absolute atomic E-state index is 6.13. The molecule has 0 fully saturated rings. The summed E-state index contributed by atoms with van der Waals surface area (Å²) in [5.41, 5.74) is 9.28. The van der Waals surface area contributed by atoms with Crippen LogP contribution in [-0.4, -0.2) is 23.3 Å². The summed E-state index contributed by atoms with van der Waals surface area (Å²) in [6.45, 7) is 1.00. The molecule has 0 unspecified atom stereocenters. The van der Waals surface area contributed by atoms with Crippen LogP contribution < -0.4 is 20.5 Å². The topological polar surface area (TPSA) is 82.3 Å². The maximum Gasteiger partial charge on any atom is 0.231 e. The van der Waals surface area contributed by atoms with E-state index in [4.69, 9.17) is 15.2 Å². The lowest BCUT2D eigenvalue weighted by Crippen LogP contribution is -2.10. The van der Waals surface area contributed by atoms with Gasteiger partial charge in [-0.05, 0) is 18.1 Å². The molecule has 26 heavy (non-hydrogen) atoms. The second kappa shape index (κ2) is 7.31. The first-order valence-electron chi connectivity index (χ1n) is 8.56. The van der Waals surface area contributed by atoms with Gasteiger partial charge in [-0.1, -0.05) is 42.5 Å². The third kappa shape index (κ3) is 3.54. The maximum atomic E-state index is 6.13. The summed E-state index contributed by atoms with van der Waals surface area (Å²) in [6, 6.07) is 16.1. The summed E-state index contributed by atoms with van der Waals surface area (Å²) >= 11 is 0. The van der Waals surface area contributed by atoms with E-state index in [0.717, 1.165) is 35.6 Å². The monoisotopic (exact) mass is 348 g/mol. The molecule has 132 valence electrons. The molecule has 0 aliphatic carbocycles. The van der Waals surface area contributed by atoms with Crippen LogP contribution >= 0.6 is 0 Å². The van der Waals surface area contributed by atoms with Gasteiger partial charge in [-0.15, -0.1) is 0 Å². The number of aromatic nitrogens is 2. The van der Waals surface area contributed by atoms with Crippen molar-refractivity contribution < 1.29 is 9.47 Å². The molecule has 2 heterocycles. The first kappa shape index (κ1) is 16.2. The summed E-state index contributed by atoms with van der Waals surface area (Å²) < 4.78 is 11.0. The Labute approximate surface area is 152 Å². The Hall–Kier alpha value is -3.28. The standard InChI is InChI=1S/C20H20N4O2/c21-19-16(11-15-7-4-8-17-18(15)26-13-25-17)12-23-20(24-19)22-10-9-14-5-2-1-3-6-14/h1-8,12H,9-11,13H2,(H3,21,22,23,24). The average Bonchev–Trinajstić information content (AvgIpc) is 3.14. The number of hydrogen-bond donors (Lipinski definition) is 2. The van der Waals surface area contributed by atoms with E-state index in [2.05, 4.69) is 27.4 Å². The van der Waals surface area contributed by atoms with Gasteiger partial charge in [0.15, 0.2) is 11.5 Å². The minimum Gasteiger partial charge on any atom is -0.454 e. The molecule has 0 amide bonds. The predicted molar refractivity (Wildman–Crippen MR) is 100 cm³/mol. The second-order valence-corrected chi connectivity index (χ2v) is 6.09. The van der Waals surface area contributed by atoms with Crippen LogP contribution in [0.25, 0.3) is 0 Å². The van der Waals surface area contributed by atoms with Crippen LogP contribution in [0.1, 0.15) is 16.7 Å². The molecule has 3 aromatic rings. The van der Waals surface area contributed by atoms with Crippen molar-refractivity contribution in [2.75, 3.05) is 24.4 Å². The van der Waals surface area contributed by atoms with E-state index < -0.39 is 0 Å². The number of nitrogens with two attached hydrogens (primary N) is 1. The number of nitrogens with zero attached hydrogens (tertiary/aromatic N) is 2. The first-order chi connectivity index (χ1) is 12.8. The molecule has 1 aliphatic heterocycles. The Morgan fingerprint density at radius 3 is 2.73 bits per heavy atom. The summed E-state index contributed by atoms with van der Waals surface area (Å²) in [6.07, 6.45) is 3.27. The zero-order valence-corrected chi connectivity index (χ0v) is 14.3. The lowest BCUT2D eigenvalue weighted by Gasteiger charge is -2.10. The third-order valence-corrected chi connectivity index (χ3v) is 4.30. The van der Waals surface area contributed by atoms with Crippen molar-refractivity contribution in [1.82, 2.24) is 9.97 Å². The lowest BCUT2D eigenvalue weighted by molar-refractivity contribution is 0.173. The smallest absolute Gasteiger partial charge is 0.231 e. The molecule has 6 heteroatoms. The van der Waals surface area contributed by atoms with Crippen molar-refractivity contribution in [2.45, 2.75) is 12.8 Å². The van der Waals surface area contributed by atoms with Crippen molar-refractivity contribution >= 4 is 11.8 Å². The molecular formula is C20H20N4O2. The van der Waals surface area contributed by atoms with E-state index in [9.17, 15) is 0 Å². The fourth-order valence-electron chi connectivity index (χ4n) is 2.94. The van der Waals surface area contributed by atoms with Gasteiger partial charge in [-0.2, -0.15) is 4.98 Å². The number of benzene rings is 2. The van der Waals surface area contributed by atoms with E-state index in [1.54, 1.807) is 6.20 Å². The molecular weight excluding hydrogens is 328 g/mol. The van der Waals surface area contributed by atoms with E-state index in [-0.39, 0.29) is 6.79 Å². The van der Waals surface area contributed by atoms with Crippen molar-refractivity contribution in [3.8, 4) is 11.5 Å². The average molecular weight is 348 g/mol. The van der Waals surface area contributed by atoms with E-state index in [1.165, 1.54) is 5.56 Å². The van der Waals surface area contributed by atoms with Gasteiger partial charge in [0.05, 0.1) is 0 Å². The van der Waals surface area contributed by atoms with Crippen LogP contribution in [-0.2, 0) is 12.8 Å². The molecule has 0 radical (unpaired) electrons. The zero-order valence-electron chi connectivity index (χ0n) is 14.3. The van der Waals surface area contributed by atoms with Crippen molar-refractivity contribution in [3.63, 3.8) is 0 Å². The molecule has 0 atom stereocenters. The molecule has 2 aromatic carbocycles. The number of nitrogen functional groups attached to an aromatic ring is 1. The van der Waals surface area contributed by atoms with Crippen LogP contribution in [0.15, 0.2) is 54.7 Å². The van der Waals surface area contributed by atoms with Gasteiger partial charge in [-0.25, -0.2) is 4.98 Å². The largest absolute Gasteiger partial charge is 0.454 e. The highest BCUT2D eigenvalue weighted by Crippen LogP contribution is 2.36. The van der Waals surface area contributed by atoms with Gasteiger partial charge < -0.3 is 20.5 Å². The molecule has 4 rings (SSSR count). The molecule has 0 spiro atoms. The van der Waals surface area contributed by atoms with Crippen LogP contribution in [0.5, 0.6) is 11.5 Å². The van der Waals surface area contributed by atoms with Gasteiger partial charge >= 0.3 is 0 Å². The number of para-hydroxylation sites is 1. The first-order valence-corrected chi connectivity index (χ1v) is 8.56. The van der Waals surface area contributed by atoms with E-state index in [0.29, 0.717) is 18.2 Å². The Bertz CT molecular complexity index is 900. The number of ether oxygens (including phenoxy) is 2. The van der Waals surface area contributed by atoms with Gasteiger partial charge in [0.25, 0.3) is 0 Å². The molecule has 6 nitrogen and oxygen atoms in total. The van der Waals surface area contributed by atoms with Crippen LogP contribution in [0.3, 0.4) is 0 Å². The Balaban J connectivity index is 1.41. The molecule has 1 aliphatic rings. The van der Waals surface area contributed by atoms with Gasteiger partial charge in [0, 0.05) is 30.3 Å². The van der Waals surface area contributed by atoms with Gasteiger partial charge in [0.2, 0.25) is 12.7 Å². The number of anilines is 2. The molecule has 0 bridgehead atoms. The van der Waals surface area contributed by atoms with Crippen molar-refractivity contribution in [3.05, 3.63) is 71.4 Å². The fraction of sp³-hybridized carbons (Fsp3) is 0.200. The third-order valence-electron chi connectivity index (χ3n) is 4.30. The highest BCUT2D eigenvalue weighted by atomic mass is 16.7. The van der Waals surface area contributed by atoms with Gasteiger partial charge in [0.1, 0.15) is 5.82 Å². The Morgan fingerprint density at radius 1 is 1.00 bits per heavy atom. The molecule has 3 N–H and O–H groups in total. The van der Waals surface area contributed by atoms with E-state index >= 15 is 0 Å². The normalized spacial score (nSPS) is 12.2. The summed E-state index contributed by atoms with van der Waals surface area (Å²) in [7, 11) is 0. The fourth-order valence-corrected chi connectivity index (χ4v) is 2.94. The zero-order chi connectivity index (χ0) is 17.8. The van der Waals surface area contributed by atoms with Crippen LogP contribution in [0.2, 0.25) is 0 Å². The predicted octanol–water partition coefficient (Wildman–Crippen LogP) is 3.03. The second-order valence-electron chi connectivity index (χ2n) is 6.09. The van der Waals surface area contributed by atoms with Crippen LogP contribution in [0.4, 0.5) is 11.8 Å². The minimum atomic E-state index is 0.253. The summed E-state index contributed by atoms with van der Waals surface area (Å²) in [5.74, 6) is 2.55. The van der Waals surface area contributed by atoms with Crippen molar-refractivity contribution in [2.24, 2.45) is 0 Å². The number of nitrogens with one attached hydrogen (secondary N) is 1. The van der Waals surface area contributed by atoms with Gasteiger partial charge in [-0.3, -0.25) is 0 Å². The SMILES string of the molecule is Nc1nc(NCCc2ccccc2)ncc1Cc1cccc2c1OCO2. The minimum absolute atomic E-state index is 0.253. The van der Waals surface area contributed by atoms with Crippen molar-refractivity contribution in [1.29, 1.82) is 0 Å². The Morgan fingerprint density at radius 2 is 1.88 bits per heavy atom. The van der Waals surface area contributed by atoms with Crippen LogP contribution in [0, 0.1) is 0 Å².